The molecule has 0 spiro atoms. The van der Waals surface area contributed by atoms with Gasteiger partial charge in [-0.1, -0.05) is 6.58 Å². The van der Waals surface area contributed by atoms with Crippen LogP contribution >= 0.6 is 0 Å². The molecule has 1 radical (unpaired) electrons. The average Bonchev–Trinajstić information content (AvgIpc) is 2.05. The average molecular weight is 156 g/mol. The Labute approximate surface area is 65.7 Å². The number of nitrogens with zero attached hydrogens (tertiary/aromatic N) is 1. The van der Waals surface area contributed by atoms with Crippen LogP contribution in [-0.2, 0) is 4.79 Å². The molecule has 0 aromatic rings. The summed E-state index contributed by atoms with van der Waals surface area (Å²) >= 11 is 0. The molecule has 0 N–H and O–H groups in total. The Morgan fingerprint density at radius 2 is 2.27 bits per heavy atom. The summed E-state index contributed by atoms with van der Waals surface area (Å²) in [5.41, 5.74) is 0. The summed E-state index contributed by atoms with van der Waals surface area (Å²) in [4.78, 5) is 12.3. The molecule has 0 aromatic carbocycles. The molecule has 0 aliphatic carbocycles. The van der Waals surface area contributed by atoms with Crippen LogP contribution in [0.2, 0.25) is 0 Å². The zero-order chi connectivity index (χ0) is 8.27. The maximum atomic E-state index is 12.3. The molecule has 0 unspecified atom stereocenters. The largest absolute Gasteiger partial charge is 0.332 e. The number of rotatable bonds is 1. The smallest absolute Gasteiger partial charge is 0.282 e. The van der Waals surface area contributed by atoms with Crippen LogP contribution < -0.4 is 0 Å². The second kappa shape index (κ2) is 3.51. The van der Waals surface area contributed by atoms with Gasteiger partial charge in [0.1, 0.15) is 0 Å². The van der Waals surface area contributed by atoms with Crippen molar-refractivity contribution < 1.29 is 9.18 Å². The lowest BCUT2D eigenvalue weighted by molar-refractivity contribution is -0.127. The van der Waals surface area contributed by atoms with Crippen LogP contribution in [0.1, 0.15) is 19.3 Å². The molecule has 0 aromatic heterocycles. The van der Waals surface area contributed by atoms with E-state index >= 15 is 0 Å². The van der Waals surface area contributed by atoms with Crippen LogP contribution in [-0.4, -0.2) is 17.4 Å². The third kappa shape index (κ3) is 2.03. The number of hydrogen-bond donors (Lipinski definition) is 0. The Bertz CT molecular complexity index is 173. The molecule has 3 heteroatoms. The van der Waals surface area contributed by atoms with E-state index in [1.165, 1.54) is 4.90 Å². The monoisotopic (exact) mass is 156 g/mol. The van der Waals surface area contributed by atoms with Gasteiger partial charge < -0.3 is 4.90 Å². The van der Waals surface area contributed by atoms with Crippen LogP contribution in [0.5, 0.6) is 0 Å². The van der Waals surface area contributed by atoms with Gasteiger partial charge >= 0.3 is 0 Å². The van der Waals surface area contributed by atoms with Gasteiger partial charge in [0.2, 0.25) is 0 Å². The van der Waals surface area contributed by atoms with Crippen molar-refractivity contribution in [2.75, 3.05) is 6.54 Å². The van der Waals surface area contributed by atoms with Crippen LogP contribution in [0.25, 0.3) is 0 Å². The topological polar surface area (TPSA) is 20.3 Å². The van der Waals surface area contributed by atoms with Crippen molar-refractivity contribution in [1.82, 2.24) is 4.90 Å². The minimum Gasteiger partial charge on any atom is -0.332 e. The highest BCUT2D eigenvalue weighted by molar-refractivity contribution is 5.91. The van der Waals surface area contributed by atoms with E-state index in [-0.39, 0.29) is 0 Å². The summed E-state index contributed by atoms with van der Waals surface area (Å²) in [6.07, 6.45) is 2.90. The maximum Gasteiger partial charge on any atom is 0.282 e. The zero-order valence-electron chi connectivity index (χ0n) is 6.35. The molecule has 61 valence electrons. The predicted octanol–water partition coefficient (Wildman–Crippen LogP) is 1.64. The molecule has 2 nitrogen and oxygen atoms in total. The van der Waals surface area contributed by atoms with E-state index in [2.05, 4.69) is 6.58 Å². The number of amides is 1. The van der Waals surface area contributed by atoms with E-state index in [0.717, 1.165) is 19.3 Å². The molecule has 0 atom stereocenters. The standard InChI is InChI=1S/C8H11FNO/c1-7(9)8(11)10-5-3-2-4-6-10/h5H,1-4,6H2. The van der Waals surface area contributed by atoms with Gasteiger partial charge in [-0.2, -0.15) is 0 Å². The minimum absolute atomic E-state index is 0.593. The summed E-state index contributed by atoms with van der Waals surface area (Å²) in [6.45, 7) is 5.31. The molecule has 1 rings (SSSR count). The van der Waals surface area contributed by atoms with E-state index < -0.39 is 11.7 Å². The number of hydrogen-bond acceptors (Lipinski definition) is 1. The summed E-state index contributed by atoms with van der Waals surface area (Å²) in [5.74, 6) is -1.46. The second-order valence-corrected chi connectivity index (χ2v) is 2.58. The van der Waals surface area contributed by atoms with Crippen molar-refractivity contribution in [3.8, 4) is 0 Å². The Hall–Kier alpha value is -0.860. The number of likely N-dealkylation sites (tertiary alicyclic amines) is 1. The first kappa shape index (κ1) is 8.24. The number of piperidine rings is 1. The summed E-state index contributed by atoms with van der Waals surface area (Å²) < 4.78 is 12.3. The van der Waals surface area contributed by atoms with Crippen molar-refractivity contribution in [3.63, 3.8) is 0 Å². The molecular weight excluding hydrogens is 145 g/mol. The Morgan fingerprint density at radius 1 is 1.55 bits per heavy atom. The second-order valence-electron chi connectivity index (χ2n) is 2.58. The van der Waals surface area contributed by atoms with Gasteiger partial charge in [-0.15, -0.1) is 0 Å². The van der Waals surface area contributed by atoms with Crippen LogP contribution in [0, 0.1) is 6.54 Å². The molecule has 1 amide bonds. The fourth-order valence-corrected chi connectivity index (χ4v) is 1.11. The van der Waals surface area contributed by atoms with Crippen molar-refractivity contribution in [2.45, 2.75) is 19.3 Å². The highest BCUT2D eigenvalue weighted by Crippen LogP contribution is 2.14. The van der Waals surface area contributed by atoms with Gasteiger partial charge in [-0.05, 0) is 19.3 Å². The molecule has 0 saturated carbocycles. The van der Waals surface area contributed by atoms with Crippen molar-refractivity contribution >= 4 is 5.91 Å². The van der Waals surface area contributed by atoms with Crippen LogP contribution in [0.4, 0.5) is 4.39 Å². The maximum absolute atomic E-state index is 12.3. The van der Waals surface area contributed by atoms with E-state index in [0.29, 0.717) is 6.54 Å². The van der Waals surface area contributed by atoms with Crippen molar-refractivity contribution in [2.24, 2.45) is 0 Å². The van der Waals surface area contributed by atoms with E-state index in [1.807, 2.05) is 0 Å². The quantitative estimate of drug-likeness (QED) is 0.528. The normalized spacial score (nSPS) is 18.1. The summed E-state index contributed by atoms with van der Waals surface area (Å²) in [6, 6.07) is 0. The molecule has 1 heterocycles. The minimum atomic E-state index is -0.872. The van der Waals surface area contributed by atoms with E-state index in [1.54, 1.807) is 6.54 Å². The molecule has 0 bridgehead atoms. The fourth-order valence-electron chi connectivity index (χ4n) is 1.11. The molecule has 1 aliphatic rings. The molecule has 1 saturated heterocycles. The van der Waals surface area contributed by atoms with E-state index in [4.69, 9.17) is 0 Å². The molecule has 1 fully saturated rings. The number of halogens is 1. The van der Waals surface area contributed by atoms with Crippen LogP contribution in [0.15, 0.2) is 12.4 Å². The number of carbonyl (C=O) groups is 1. The Morgan fingerprint density at radius 3 is 2.73 bits per heavy atom. The SMILES string of the molecule is C=C(F)C(=O)N1[CH]CCCC1. The Balaban J connectivity index is 2.45. The van der Waals surface area contributed by atoms with Gasteiger partial charge in [0, 0.05) is 6.54 Å². The van der Waals surface area contributed by atoms with Crippen molar-refractivity contribution in [1.29, 1.82) is 0 Å². The highest BCUT2D eigenvalue weighted by Gasteiger charge is 2.18. The summed E-state index contributed by atoms with van der Waals surface area (Å²) in [7, 11) is 0. The first-order chi connectivity index (χ1) is 5.22. The molecular formula is C8H11FNO. The lowest BCUT2D eigenvalue weighted by Crippen LogP contribution is -2.32. The lowest BCUT2D eigenvalue weighted by Gasteiger charge is -2.24. The predicted molar refractivity (Wildman–Crippen MR) is 40.1 cm³/mol. The molecule has 11 heavy (non-hydrogen) atoms. The van der Waals surface area contributed by atoms with Gasteiger partial charge in [0.15, 0.2) is 5.83 Å². The lowest BCUT2D eigenvalue weighted by atomic mass is 10.1. The number of carbonyl (C=O) groups excluding carboxylic acids is 1. The van der Waals surface area contributed by atoms with Gasteiger partial charge in [0.05, 0.1) is 6.54 Å². The van der Waals surface area contributed by atoms with Gasteiger partial charge in [-0.25, -0.2) is 4.39 Å². The molecule has 1 aliphatic heterocycles. The first-order valence-corrected chi connectivity index (χ1v) is 3.70. The highest BCUT2D eigenvalue weighted by atomic mass is 19.1. The Kier molecular flexibility index (Phi) is 2.63. The van der Waals surface area contributed by atoms with Crippen molar-refractivity contribution in [3.05, 3.63) is 19.0 Å². The van der Waals surface area contributed by atoms with Gasteiger partial charge in [-0.3, -0.25) is 4.79 Å². The zero-order valence-corrected chi connectivity index (χ0v) is 6.35. The summed E-state index contributed by atoms with van der Waals surface area (Å²) in [5, 5.41) is 0. The third-order valence-electron chi connectivity index (χ3n) is 1.70. The fraction of sp³-hybridized carbons (Fsp3) is 0.500. The van der Waals surface area contributed by atoms with E-state index in [9.17, 15) is 9.18 Å². The van der Waals surface area contributed by atoms with Crippen LogP contribution in [0.3, 0.4) is 0 Å². The third-order valence-corrected chi connectivity index (χ3v) is 1.70. The first-order valence-electron chi connectivity index (χ1n) is 3.70. The van der Waals surface area contributed by atoms with Gasteiger partial charge in [0.25, 0.3) is 5.91 Å².